The minimum atomic E-state index is -3.78. The van der Waals surface area contributed by atoms with Gasteiger partial charge in [0.05, 0.1) is 9.95 Å². The highest BCUT2D eigenvalue weighted by molar-refractivity contribution is 7.89. The van der Waals surface area contributed by atoms with E-state index in [0.717, 1.165) is 44.4 Å². The number of nitrogens with one attached hydrogen (secondary N) is 2. The molecule has 0 bridgehead atoms. The number of non-ortho nitro benzene ring substituents is 1. The third-order valence-corrected chi connectivity index (χ3v) is 5.29. The van der Waals surface area contributed by atoms with Crippen LogP contribution in [0.1, 0.15) is 0 Å². The summed E-state index contributed by atoms with van der Waals surface area (Å²) in [5, 5.41) is 13.7. The zero-order valence-electron chi connectivity index (χ0n) is 12.6. The van der Waals surface area contributed by atoms with Crippen molar-refractivity contribution in [1.29, 1.82) is 0 Å². The van der Waals surface area contributed by atoms with Crippen LogP contribution in [0.4, 0.5) is 5.69 Å². The van der Waals surface area contributed by atoms with Crippen molar-refractivity contribution in [3.63, 3.8) is 0 Å². The Morgan fingerprint density at radius 3 is 2.46 bits per heavy atom. The fourth-order valence-corrected chi connectivity index (χ4v) is 3.73. The zero-order chi connectivity index (χ0) is 16.2. The van der Waals surface area contributed by atoms with Crippen LogP contribution >= 0.6 is 36.4 Å². The third-order valence-electron chi connectivity index (χ3n) is 3.35. The van der Waals surface area contributed by atoms with Gasteiger partial charge in [-0.2, -0.15) is 0 Å². The lowest BCUT2D eigenvalue weighted by Gasteiger charge is -2.27. The van der Waals surface area contributed by atoms with Crippen molar-refractivity contribution in [2.75, 3.05) is 39.3 Å². The maximum Gasteiger partial charge on any atom is 0.271 e. The number of rotatable bonds is 6. The lowest BCUT2D eigenvalue weighted by molar-refractivity contribution is -0.384. The summed E-state index contributed by atoms with van der Waals surface area (Å²) in [5.74, 6) is 0. The molecule has 1 aliphatic rings. The fraction of sp³-hybridized carbons (Fsp3) is 0.500. The van der Waals surface area contributed by atoms with E-state index in [2.05, 4.69) is 14.9 Å². The Morgan fingerprint density at radius 1 is 1.29 bits per heavy atom. The van der Waals surface area contributed by atoms with E-state index >= 15 is 0 Å². The Hall–Kier alpha value is -0.680. The Labute approximate surface area is 157 Å². The van der Waals surface area contributed by atoms with Gasteiger partial charge in [-0.3, -0.25) is 15.0 Å². The average Bonchev–Trinajstić information content (AvgIpc) is 2.47. The van der Waals surface area contributed by atoms with Gasteiger partial charge in [0.25, 0.3) is 5.69 Å². The molecule has 2 N–H and O–H groups in total. The maximum absolute atomic E-state index is 12.2. The number of benzene rings is 1. The third kappa shape index (κ3) is 6.32. The summed E-state index contributed by atoms with van der Waals surface area (Å²) >= 11 is 5.84. The van der Waals surface area contributed by atoms with E-state index < -0.39 is 14.9 Å². The second kappa shape index (κ2) is 10.3. The standard InChI is InChI=1S/C12H17ClN4O4S.2ClH/c13-11-9-10(17(18)19)1-2-12(11)22(20,21)15-5-8-16-6-3-14-4-7-16;;/h1-2,9,14-15H,3-8H2;2*1H. The van der Waals surface area contributed by atoms with Gasteiger partial charge in [0, 0.05) is 51.4 Å². The van der Waals surface area contributed by atoms with Crippen LogP contribution in [-0.2, 0) is 10.0 Å². The molecule has 24 heavy (non-hydrogen) atoms. The summed E-state index contributed by atoms with van der Waals surface area (Å²) in [7, 11) is -3.78. The Bertz CT molecular complexity index is 654. The number of sulfonamides is 1. The molecule has 1 saturated heterocycles. The van der Waals surface area contributed by atoms with E-state index in [1.807, 2.05) is 0 Å². The lowest BCUT2D eigenvalue weighted by Crippen LogP contribution is -2.46. The molecule has 1 fully saturated rings. The average molecular weight is 422 g/mol. The minimum absolute atomic E-state index is 0. The van der Waals surface area contributed by atoms with E-state index in [-0.39, 0.29) is 47.0 Å². The van der Waals surface area contributed by atoms with Crippen LogP contribution in [0.15, 0.2) is 23.1 Å². The van der Waals surface area contributed by atoms with Gasteiger partial charge in [0.1, 0.15) is 4.90 Å². The maximum atomic E-state index is 12.2. The Kier molecular flexibility index (Phi) is 10.0. The molecular weight excluding hydrogens is 403 g/mol. The molecule has 0 unspecified atom stereocenters. The number of halogens is 3. The normalized spacial score (nSPS) is 15.2. The largest absolute Gasteiger partial charge is 0.314 e. The molecule has 1 aromatic rings. The highest BCUT2D eigenvalue weighted by Crippen LogP contribution is 2.25. The van der Waals surface area contributed by atoms with Crippen LogP contribution in [0.3, 0.4) is 0 Å². The SMILES string of the molecule is Cl.Cl.O=[N+]([O-])c1ccc(S(=O)(=O)NCCN2CCNCC2)c(Cl)c1. The molecule has 1 aromatic carbocycles. The quantitative estimate of drug-likeness (QED) is 0.529. The van der Waals surface area contributed by atoms with Gasteiger partial charge >= 0.3 is 0 Å². The highest BCUT2D eigenvalue weighted by Gasteiger charge is 2.20. The van der Waals surface area contributed by atoms with Gasteiger partial charge in [0.15, 0.2) is 0 Å². The van der Waals surface area contributed by atoms with Gasteiger partial charge in [0.2, 0.25) is 10.0 Å². The highest BCUT2D eigenvalue weighted by atomic mass is 35.5. The van der Waals surface area contributed by atoms with Crippen molar-refractivity contribution in [3.8, 4) is 0 Å². The van der Waals surface area contributed by atoms with Crippen LogP contribution in [0.5, 0.6) is 0 Å². The molecular formula is C12H19Cl3N4O4S. The summed E-state index contributed by atoms with van der Waals surface area (Å²) < 4.78 is 26.8. The van der Waals surface area contributed by atoms with Crippen LogP contribution in [0, 0.1) is 10.1 Å². The first-order chi connectivity index (χ1) is 10.4. The molecule has 1 aliphatic heterocycles. The Balaban J connectivity index is 0.00000264. The van der Waals surface area contributed by atoms with E-state index in [9.17, 15) is 18.5 Å². The van der Waals surface area contributed by atoms with E-state index in [1.54, 1.807) is 0 Å². The molecule has 0 radical (unpaired) electrons. The first-order valence-corrected chi connectivity index (χ1v) is 8.63. The van der Waals surface area contributed by atoms with Crippen LogP contribution in [0.2, 0.25) is 5.02 Å². The predicted octanol–water partition coefficient (Wildman–Crippen LogP) is 1.28. The summed E-state index contributed by atoms with van der Waals surface area (Å²) in [6.07, 6.45) is 0. The van der Waals surface area contributed by atoms with Gasteiger partial charge in [-0.1, -0.05) is 11.6 Å². The van der Waals surface area contributed by atoms with Crippen LogP contribution < -0.4 is 10.0 Å². The molecule has 0 saturated carbocycles. The van der Waals surface area contributed by atoms with Crippen molar-refractivity contribution in [3.05, 3.63) is 33.3 Å². The smallest absolute Gasteiger partial charge is 0.271 e. The van der Waals surface area contributed by atoms with Crippen molar-refractivity contribution in [2.24, 2.45) is 0 Å². The molecule has 2 rings (SSSR count). The number of piperazine rings is 1. The topological polar surface area (TPSA) is 105 Å². The molecule has 0 aromatic heterocycles. The fourth-order valence-electron chi connectivity index (χ4n) is 2.17. The van der Waals surface area contributed by atoms with Crippen molar-refractivity contribution in [2.45, 2.75) is 4.90 Å². The number of nitro benzene ring substituents is 1. The lowest BCUT2D eigenvalue weighted by atomic mass is 10.3. The number of nitro groups is 1. The second-order valence-electron chi connectivity index (χ2n) is 4.86. The molecule has 0 amide bonds. The molecule has 12 heteroatoms. The van der Waals surface area contributed by atoms with Crippen molar-refractivity contribution in [1.82, 2.24) is 14.9 Å². The zero-order valence-corrected chi connectivity index (χ0v) is 15.8. The molecule has 0 atom stereocenters. The predicted molar refractivity (Wildman–Crippen MR) is 97.1 cm³/mol. The van der Waals surface area contributed by atoms with Crippen LogP contribution in [-0.4, -0.2) is 57.5 Å². The van der Waals surface area contributed by atoms with Gasteiger partial charge in [-0.15, -0.1) is 24.8 Å². The summed E-state index contributed by atoms with van der Waals surface area (Å²) in [4.78, 5) is 12.0. The summed E-state index contributed by atoms with van der Waals surface area (Å²) in [6.45, 7) is 4.39. The molecule has 138 valence electrons. The van der Waals surface area contributed by atoms with Gasteiger partial charge < -0.3 is 5.32 Å². The van der Waals surface area contributed by atoms with Crippen molar-refractivity contribution >= 4 is 52.1 Å². The molecule has 8 nitrogen and oxygen atoms in total. The minimum Gasteiger partial charge on any atom is -0.314 e. The van der Waals surface area contributed by atoms with E-state index in [0.29, 0.717) is 6.54 Å². The van der Waals surface area contributed by atoms with Crippen molar-refractivity contribution < 1.29 is 13.3 Å². The monoisotopic (exact) mass is 420 g/mol. The van der Waals surface area contributed by atoms with E-state index in [4.69, 9.17) is 11.6 Å². The number of nitrogens with zero attached hydrogens (tertiary/aromatic N) is 2. The number of hydrogen-bond donors (Lipinski definition) is 2. The molecule has 0 aliphatic carbocycles. The Morgan fingerprint density at radius 2 is 1.92 bits per heavy atom. The summed E-state index contributed by atoms with van der Waals surface area (Å²) in [6, 6.07) is 3.30. The van der Waals surface area contributed by atoms with Gasteiger partial charge in [-0.05, 0) is 6.07 Å². The van der Waals surface area contributed by atoms with Gasteiger partial charge in [-0.25, -0.2) is 13.1 Å². The molecule has 0 spiro atoms. The summed E-state index contributed by atoms with van der Waals surface area (Å²) in [5.41, 5.74) is -0.246. The first-order valence-electron chi connectivity index (χ1n) is 6.77. The molecule has 1 heterocycles. The van der Waals surface area contributed by atoms with E-state index in [1.165, 1.54) is 0 Å². The first kappa shape index (κ1) is 23.3. The van der Waals surface area contributed by atoms with Crippen LogP contribution in [0.25, 0.3) is 0 Å². The number of hydrogen-bond acceptors (Lipinski definition) is 6. The second-order valence-corrected chi connectivity index (χ2v) is 7.00.